The van der Waals surface area contributed by atoms with Crippen LogP contribution in [-0.4, -0.2) is 18.2 Å². The van der Waals surface area contributed by atoms with Crippen LogP contribution in [0.2, 0.25) is 0 Å². The van der Waals surface area contributed by atoms with Gasteiger partial charge in [0.15, 0.2) is 0 Å². The number of benzene rings is 2. The lowest BCUT2D eigenvalue weighted by molar-refractivity contribution is 0.0697. The quantitative estimate of drug-likeness (QED) is 0.843. The second kappa shape index (κ2) is 6.63. The van der Waals surface area contributed by atoms with Gasteiger partial charge in [0.05, 0.1) is 18.4 Å². The number of hydrogen-bond acceptors (Lipinski definition) is 3. The van der Waals surface area contributed by atoms with E-state index in [2.05, 4.69) is 21.2 Å². The van der Waals surface area contributed by atoms with Crippen LogP contribution in [0.25, 0.3) is 0 Å². The molecule has 0 spiro atoms. The van der Waals surface area contributed by atoms with Gasteiger partial charge in [-0.25, -0.2) is 4.79 Å². The molecular formula is C16H16BrNO3. The van der Waals surface area contributed by atoms with Gasteiger partial charge >= 0.3 is 5.97 Å². The van der Waals surface area contributed by atoms with E-state index < -0.39 is 5.97 Å². The summed E-state index contributed by atoms with van der Waals surface area (Å²) >= 11 is 3.40. The number of carboxylic acids is 1. The van der Waals surface area contributed by atoms with E-state index in [1.165, 1.54) is 6.07 Å². The maximum Gasteiger partial charge on any atom is 0.335 e. The van der Waals surface area contributed by atoms with Gasteiger partial charge in [-0.05, 0) is 42.8 Å². The molecule has 2 rings (SSSR count). The zero-order chi connectivity index (χ0) is 15.4. The topological polar surface area (TPSA) is 58.6 Å². The fourth-order valence-electron chi connectivity index (χ4n) is 2.02. The molecule has 0 amide bonds. The Balaban J connectivity index is 2.26. The van der Waals surface area contributed by atoms with Gasteiger partial charge in [-0.1, -0.05) is 28.1 Å². The van der Waals surface area contributed by atoms with Crippen molar-refractivity contribution >= 4 is 27.6 Å². The largest absolute Gasteiger partial charge is 0.495 e. The van der Waals surface area contributed by atoms with Crippen molar-refractivity contribution in [2.24, 2.45) is 0 Å². The lowest BCUT2D eigenvalue weighted by Gasteiger charge is -2.18. The summed E-state index contributed by atoms with van der Waals surface area (Å²) < 4.78 is 6.29. The first-order valence-corrected chi connectivity index (χ1v) is 7.24. The minimum atomic E-state index is -0.961. The summed E-state index contributed by atoms with van der Waals surface area (Å²) in [5, 5.41) is 12.4. The van der Waals surface area contributed by atoms with Gasteiger partial charge in [0.1, 0.15) is 5.75 Å². The first-order chi connectivity index (χ1) is 10.0. The zero-order valence-electron chi connectivity index (χ0n) is 11.8. The summed E-state index contributed by atoms with van der Waals surface area (Å²) in [4.78, 5) is 11.1. The first-order valence-electron chi connectivity index (χ1n) is 6.44. The third-order valence-electron chi connectivity index (χ3n) is 3.19. The molecule has 1 atom stereocenters. The summed E-state index contributed by atoms with van der Waals surface area (Å²) in [6.45, 7) is 2.01. The van der Waals surface area contributed by atoms with Crippen LogP contribution in [0.3, 0.4) is 0 Å². The van der Waals surface area contributed by atoms with Gasteiger partial charge < -0.3 is 15.2 Å². The minimum Gasteiger partial charge on any atom is -0.495 e. The third-order valence-corrected chi connectivity index (χ3v) is 3.72. The van der Waals surface area contributed by atoms with Gasteiger partial charge in [0.25, 0.3) is 0 Å². The van der Waals surface area contributed by atoms with Crippen LogP contribution in [0.1, 0.15) is 28.9 Å². The molecule has 0 aliphatic carbocycles. The Kier molecular flexibility index (Phi) is 4.85. The Hall–Kier alpha value is -2.01. The van der Waals surface area contributed by atoms with Crippen molar-refractivity contribution in [3.05, 3.63) is 58.1 Å². The van der Waals surface area contributed by atoms with E-state index in [0.717, 1.165) is 10.0 Å². The summed E-state index contributed by atoms with van der Waals surface area (Å²) in [6.07, 6.45) is 0. The molecular weight excluding hydrogens is 334 g/mol. The molecule has 4 nitrogen and oxygen atoms in total. The Labute approximate surface area is 131 Å². The molecule has 2 aromatic carbocycles. The van der Waals surface area contributed by atoms with E-state index in [1.54, 1.807) is 19.2 Å². The first kappa shape index (κ1) is 15.4. The molecule has 0 aliphatic heterocycles. The molecule has 0 bridgehead atoms. The summed E-state index contributed by atoms with van der Waals surface area (Å²) in [7, 11) is 1.56. The maximum atomic E-state index is 11.1. The molecule has 5 heteroatoms. The molecule has 0 aromatic heterocycles. The number of halogens is 1. The van der Waals surface area contributed by atoms with Crippen LogP contribution in [0, 0.1) is 0 Å². The lowest BCUT2D eigenvalue weighted by atomic mass is 10.1. The minimum absolute atomic E-state index is 0.0241. The molecule has 0 aliphatic rings. The fraction of sp³-hybridized carbons (Fsp3) is 0.188. The van der Waals surface area contributed by atoms with E-state index in [-0.39, 0.29) is 11.6 Å². The van der Waals surface area contributed by atoms with Crippen molar-refractivity contribution in [2.45, 2.75) is 13.0 Å². The SMILES string of the molecule is COc1ccc(C(=O)O)cc1NC(C)c1ccc(Br)cc1. The number of rotatable bonds is 5. The summed E-state index contributed by atoms with van der Waals surface area (Å²) in [6, 6.07) is 12.7. The van der Waals surface area contributed by atoms with Crippen LogP contribution in [0.15, 0.2) is 46.9 Å². The Morgan fingerprint density at radius 1 is 1.24 bits per heavy atom. The number of methoxy groups -OCH3 is 1. The number of carboxylic acid groups (broad SMARTS) is 1. The standard InChI is InChI=1S/C16H16BrNO3/c1-10(11-3-6-13(17)7-4-11)18-14-9-12(16(19)20)5-8-15(14)21-2/h3-10,18H,1-2H3,(H,19,20). The number of hydrogen-bond donors (Lipinski definition) is 2. The van der Waals surface area contributed by atoms with Crippen molar-refractivity contribution in [1.82, 2.24) is 0 Å². The number of ether oxygens (including phenoxy) is 1. The second-order valence-corrected chi connectivity index (χ2v) is 5.55. The van der Waals surface area contributed by atoms with Gasteiger partial charge in [0, 0.05) is 10.5 Å². The van der Waals surface area contributed by atoms with Gasteiger partial charge in [-0.3, -0.25) is 0 Å². The van der Waals surface area contributed by atoms with Crippen LogP contribution in [-0.2, 0) is 0 Å². The van der Waals surface area contributed by atoms with Crippen molar-refractivity contribution in [2.75, 3.05) is 12.4 Å². The number of anilines is 1. The predicted octanol–water partition coefficient (Wildman–Crippen LogP) is 4.33. The number of carbonyl (C=O) groups is 1. The van der Waals surface area contributed by atoms with Gasteiger partial charge in [-0.2, -0.15) is 0 Å². The van der Waals surface area contributed by atoms with Crippen LogP contribution in [0.5, 0.6) is 5.75 Å². The molecule has 2 aromatic rings. The molecule has 0 saturated carbocycles. The van der Waals surface area contributed by atoms with Crippen molar-refractivity contribution in [3.63, 3.8) is 0 Å². The Morgan fingerprint density at radius 2 is 1.90 bits per heavy atom. The van der Waals surface area contributed by atoms with Crippen molar-refractivity contribution in [3.8, 4) is 5.75 Å². The predicted molar refractivity (Wildman–Crippen MR) is 86.1 cm³/mol. The van der Waals surface area contributed by atoms with Crippen LogP contribution < -0.4 is 10.1 Å². The molecule has 0 radical (unpaired) electrons. The zero-order valence-corrected chi connectivity index (χ0v) is 13.3. The molecule has 21 heavy (non-hydrogen) atoms. The molecule has 0 heterocycles. The lowest BCUT2D eigenvalue weighted by Crippen LogP contribution is -2.08. The van der Waals surface area contributed by atoms with E-state index in [0.29, 0.717) is 11.4 Å². The van der Waals surface area contributed by atoms with Crippen LogP contribution >= 0.6 is 15.9 Å². The monoisotopic (exact) mass is 349 g/mol. The number of nitrogens with one attached hydrogen (secondary N) is 1. The van der Waals surface area contributed by atoms with Crippen molar-refractivity contribution < 1.29 is 14.6 Å². The summed E-state index contributed by atoms with van der Waals surface area (Å²) in [5.74, 6) is -0.346. The van der Waals surface area contributed by atoms with Crippen molar-refractivity contribution in [1.29, 1.82) is 0 Å². The van der Waals surface area contributed by atoms with E-state index in [9.17, 15) is 4.79 Å². The highest BCUT2D eigenvalue weighted by atomic mass is 79.9. The molecule has 0 fully saturated rings. The van der Waals surface area contributed by atoms with E-state index >= 15 is 0 Å². The second-order valence-electron chi connectivity index (χ2n) is 4.64. The number of aromatic carboxylic acids is 1. The Morgan fingerprint density at radius 3 is 2.48 bits per heavy atom. The highest BCUT2D eigenvalue weighted by Gasteiger charge is 2.12. The normalized spacial score (nSPS) is 11.8. The van der Waals surface area contributed by atoms with E-state index in [1.807, 2.05) is 31.2 Å². The highest BCUT2D eigenvalue weighted by Crippen LogP contribution is 2.29. The molecule has 0 saturated heterocycles. The molecule has 2 N–H and O–H groups in total. The maximum absolute atomic E-state index is 11.1. The fourth-order valence-corrected chi connectivity index (χ4v) is 2.29. The van der Waals surface area contributed by atoms with Gasteiger partial charge in [-0.15, -0.1) is 0 Å². The third kappa shape index (κ3) is 3.76. The van der Waals surface area contributed by atoms with Crippen LogP contribution in [0.4, 0.5) is 5.69 Å². The Bertz CT molecular complexity index is 640. The highest BCUT2D eigenvalue weighted by molar-refractivity contribution is 9.10. The smallest absolute Gasteiger partial charge is 0.335 e. The van der Waals surface area contributed by atoms with E-state index in [4.69, 9.17) is 9.84 Å². The summed E-state index contributed by atoms with van der Waals surface area (Å²) in [5.41, 5.74) is 1.98. The molecule has 110 valence electrons. The average molecular weight is 350 g/mol. The molecule has 1 unspecified atom stereocenters. The van der Waals surface area contributed by atoms with Gasteiger partial charge in [0.2, 0.25) is 0 Å². The average Bonchev–Trinajstić information content (AvgIpc) is 2.47.